The molecule has 1 fully saturated rings. The Morgan fingerprint density at radius 3 is 2.38 bits per heavy atom. The Kier molecular flexibility index (Phi) is 4.64. The van der Waals surface area contributed by atoms with E-state index in [0.29, 0.717) is 17.0 Å². The molecule has 2 heterocycles. The van der Waals surface area contributed by atoms with Gasteiger partial charge < -0.3 is 15.4 Å². The minimum absolute atomic E-state index is 0.0849. The SMILES string of the molecule is CC(C)Oc1nc(N2CCC(C(C)(C)C)CC2)ccc1N. The average molecular weight is 291 g/mol. The van der Waals surface area contributed by atoms with Crippen molar-refractivity contribution in [1.29, 1.82) is 0 Å². The summed E-state index contributed by atoms with van der Waals surface area (Å²) in [5, 5.41) is 0. The molecular weight excluding hydrogens is 262 g/mol. The maximum atomic E-state index is 5.94. The lowest BCUT2D eigenvalue weighted by Crippen LogP contribution is -2.38. The Morgan fingerprint density at radius 1 is 1.24 bits per heavy atom. The highest BCUT2D eigenvalue weighted by molar-refractivity contribution is 5.54. The van der Waals surface area contributed by atoms with Crippen LogP contribution in [0.4, 0.5) is 11.5 Å². The van der Waals surface area contributed by atoms with Crippen molar-refractivity contribution in [2.75, 3.05) is 23.7 Å². The van der Waals surface area contributed by atoms with Crippen LogP contribution >= 0.6 is 0 Å². The van der Waals surface area contributed by atoms with E-state index in [9.17, 15) is 0 Å². The van der Waals surface area contributed by atoms with Crippen LogP contribution in [0.2, 0.25) is 0 Å². The van der Waals surface area contributed by atoms with Gasteiger partial charge in [-0.2, -0.15) is 4.98 Å². The van der Waals surface area contributed by atoms with Gasteiger partial charge >= 0.3 is 0 Å². The minimum atomic E-state index is 0.0849. The van der Waals surface area contributed by atoms with Crippen LogP contribution in [0.5, 0.6) is 5.88 Å². The third kappa shape index (κ3) is 4.02. The van der Waals surface area contributed by atoms with E-state index in [1.165, 1.54) is 12.8 Å². The summed E-state index contributed by atoms with van der Waals surface area (Å²) in [7, 11) is 0. The predicted molar refractivity (Wildman–Crippen MR) is 88.8 cm³/mol. The van der Waals surface area contributed by atoms with Gasteiger partial charge in [-0.15, -0.1) is 0 Å². The topological polar surface area (TPSA) is 51.4 Å². The fourth-order valence-corrected chi connectivity index (χ4v) is 2.91. The van der Waals surface area contributed by atoms with Gasteiger partial charge in [0.25, 0.3) is 0 Å². The monoisotopic (exact) mass is 291 g/mol. The number of ether oxygens (including phenoxy) is 1. The second-order valence-electron chi connectivity index (χ2n) is 7.36. The van der Waals surface area contributed by atoms with Crippen LogP contribution in [0.15, 0.2) is 12.1 Å². The van der Waals surface area contributed by atoms with E-state index < -0.39 is 0 Å². The number of nitrogens with two attached hydrogens (primary N) is 1. The molecule has 1 aliphatic heterocycles. The van der Waals surface area contributed by atoms with Crippen LogP contribution in [0.1, 0.15) is 47.5 Å². The highest BCUT2D eigenvalue weighted by Gasteiger charge is 2.29. The molecule has 1 aliphatic rings. The van der Waals surface area contributed by atoms with Gasteiger partial charge in [0.15, 0.2) is 0 Å². The molecule has 4 nitrogen and oxygen atoms in total. The molecule has 2 N–H and O–H groups in total. The van der Waals surface area contributed by atoms with Crippen molar-refractivity contribution in [2.24, 2.45) is 11.3 Å². The van der Waals surface area contributed by atoms with E-state index in [1.807, 2.05) is 26.0 Å². The molecule has 0 radical (unpaired) electrons. The van der Waals surface area contributed by atoms with Crippen molar-refractivity contribution in [3.8, 4) is 5.88 Å². The predicted octanol–water partition coefficient (Wildman–Crippen LogP) is 3.71. The zero-order chi connectivity index (χ0) is 15.6. The van der Waals surface area contributed by atoms with Crippen molar-refractivity contribution in [2.45, 2.75) is 53.6 Å². The first-order valence-corrected chi connectivity index (χ1v) is 7.95. The number of aromatic nitrogens is 1. The van der Waals surface area contributed by atoms with E-state index in [2.05, 4.69) is 30.7 Å². The van der Waals surface area contributed by atoms with Crippen LogP contribution < -0.4 is 15.4 Å². The molecule has 4 heteroatoms. The summed E-state index contributed by atoms with van der Waals surface area (Å²) in [6.07, 6.45) is 2.52. The molecule has 2 rings (SSSR count). The largest absolute Gasteiger partial charge is 0.473 e. The number of anilines is 2. The van der Waals surface area contributed by atoms with Gasteiger partial charge in [-0.3, -0.25) is 0 Å². The van der Waals surface area contributed by atoms with E-state index in [-0.39, 0.29) is 6.10 Å². The van der Waals surface area contributed by atoms with Gasteiger partial charge in [-0.05, 0) is 50.2 Å². The van der Waals surface area contributed by atoms with E-state index in [4.69, 9.17) is 10.5 Å². The summed E-state index contributed by atoms with van der Waals surface area (Å²) in [5.74, 6) is 2.32. The lowest BCUT2D eigenvalue weighted by atomic mass is 9.75. The first-order chi connectivity index (χ1) is 9.77. The number of hydrogen-bond acceptors (Lipinski definition) is 4. The van der Waals surface area contributed by atoms with Crippen molar-refractivity contribution in [1.82, 2.24) is 4.98 Å². The van der Waals surface area contributed by atoms with E-state index in [0.717, 1.165) is 24.8 Å². The molecule has 1 saturated heterocycles. The molecule has 0 aliphatic carbocycles. The van der Waals surface area contributed by atoms with Crippen LogP contribution in [0, 0.1) is 11.3 Å². The summed E-state index contributed by atoms with van der Waals surface area (Å²) >= 11 is 0. The minimum Gasteiger partial charge on any atom is -0.473 e. The van der Waals surface area contributed by atoms with Gasteiger partial charge in [0, 0.05) is 13.1 Å². The second kappa shape index (κ2) is 6.12. The number of hydrogen-bond donors (Lipinski definition) is 1. The normalized spacial score (nSPS) is 17.3. The van der Waals surface area contributed by atoms with Crippen LogP contribution in [0.3, 0.4) is 0 Å². The van der Waals surface area contributed by atoms with Gasteiger partial charge in [-0.25, -0.2) is 0 Å². The zero-order valence-electron chi connectivity index (χ0n) is 14.0. The number of pyridine rings is 1. The molecular formula is C17H29N3O. The molecule has 1 aromatic rings. The van der Waals surface area contributed by atoms with Crippen molar-refractivity contribution < 1.29 is 4.74 Å². The number of piperidine rings is 1. The third-order valence-corrected chi connectivity index (χ3v) is 4.27. The summed E-state index contributed by atoms with van der Waals surface area (Å²) < 4.78 is 5.69. The fourth-order valence-electron chi connectivity index (χ4n) is 2.91. The van der Waals surface area contributed by atoms with Crippen molar-refractivity contribution in [3.05, 3.63) is 12.1 Å². The zero-order valence-corrected chi connectivity index (χ0v) is 14.0. The van der Waals surface area contributed by atoms with Crippen molar-refractivity contribution in [3.63, 3.8) is 0 Å². The lowest BCUT2D eigenvalue weighted by Gasteiger charge is -2.39. The average Bonchev–Trinajstić information content (AvgIpc) is 2.40. The van der Waals surface area contributed by atoms with Gasteiger partial charge in [0.05, 0.1) is 11.8 Å². The fraction of sp³-hybridized carbons (Fsp3) is 0.706. The lowest BCUT2D eigenvalue weighted by molar-refractivity contribution is 0.198. The molecule has 0 aromatic carbocycles. The van der Waals surface area contributed by atoms with Gasteiger partial charge in [-0.1, -0.05) is 20.8 Å². The summed E-state index contributed by atoms with van der Waals surface area (Å²) in [6, 6.07) is 3.90. The highest BCUT2D eigenvalue weighted by Crippen LogP contribution is 2.35. The molecule has 0 atom stereocenters. The molecule has 21 heavy (non-hydrogen) atoms. The highest BCUT2D eigenvalue weighted by atomic mass is 16.5. The Labute approximate surface area is 128 Å². The molecule has 0 bridgehead atoms. The van der Waals surface area contributed by atoms with Crippen LogP contribution in [0.25, 0.3) is 0 Å². The number of rotatable bonds is 3. The smallest absolute Gasteiger partial charge is 0.239 e. The Balaban J connectivity index is 2.07. The van der Waals surface area contributed by atoms with Crippen LogP contribution in [-0.2, 0) is 0 Å². The van der Waals surface area contributed by atoms with Gasteiger partial charge in [0.1, 0.15) is 5.82 Å². The van der Waals surface area contributed by atoms with Crippen molar-refractivity contribution >= 4 is 11.5 Å². The number of nitrogen functional groups attached to an aromatic ring is 1. The Hall–Kier alpha value is -1.45. The summed E-state index contributed by atoms with van der Waals surface area (Å²) in [6.45, 7) is 13.1. The van der Waals surface area contributed by atoms with E-state index >= 15 is 0 Å². The molecule has 0 amide bonds. The molecule has 118 valence electrons. The molecule has 0 unspecified atom stereocenters. The number of nitrogens with zero attached hydrogens (tertiary/aromatic N) is 2. The first-order valence-electron chi connectivity index (χ1n) is 7.95. The summed E-state index contributed by atoms with van der Waals surface area (Å²) in [5.41, 5.74) is 6.94. The molecule has 0 spiro atoms. The molecule has 0 saturated carbocycles. The maximum Gasteiger partial charge on any atom is 0.239 e. The van der Waals surface area contributed by atoms with Gasteiger partial charge in [0.2, 0.25) is 5.88 Å². The maximum absolute atomic E-state index is 5.94. The second-order valence-corrected chi connectivity index (χ2v) is 7.36. The molecule has 1 aromatic heterocycles. The summed E-state index contributed by atoms with van der Waals surface area (Å²) in [4.78, 5) is 6.94. The Bertz CT molecular complexity index is 471. The van der Waals surface area contributed by atoms with E-state index in [1.54, 1.807) is 0 Å². The third-order valence-electron chi connectivity index (χ3n) is 4.27. The van der Waals surface area contributed by atoms with Crippen LogP contribution in [-0.4, -0.2) is 24.2 Å². The standard InChI is InChI=1S/C17H29N3O/c1-12(2)21-16-14(18)6-7-15(19-16)20-10-8-13(9-11-20)17(3,4)5/h6-7,12-13H,8-11,18H2,1-5H3. The quantitative estimate of drug-likeness (QED) is 0.922. The Morgan fingerprint density at radius 2 is 1.86 bits per heavy atom. The first kappa shape index (κ1) is 15.9.